The molecule has 0 saturated heterocycles. The molecule has 0 amide bonds. The molecule has 0 saturated carbocycles. The molecule has 0 unspecified atom stereocenters. The molecule has 0 N–H and O–H groups in total. The number of hydrogen-bond donors (Lipinski definition) is 0. The number of halogens is 1. The van der Waals surface area contributed by atoms with Gasteiger partial charge in [0.2, 0.25) is 0 Å². The van der Waals surface area contributed by atoms with Gasteiger partial charge >= 0.3 is 0 Å². The van der Waals surface area contributed by atoms with E-state index in [-0.39, 0.29) is 0 Å². The molecule has 0 aliphatic rings. The van der Waals surface area contributed by atoms with Crippen LogP contribution in [0.3, 0.4) is 0 Å². The summed E-state index contributed by atoms with van der Waals surface area (Å²) in [6.45, 7) is 4.66. The number of ether oxygens (including phenoxy) is 1. The molecule has 17 heavy (non-hydrogen) atoms. The van der Waals surface area contributed by atoms with E-state index in [0.717, 1.165) is 11.3 Å². The van der Waals surface area contributed by atoms with E-state index in [4.69, 9.17) is 16.3 Å². The zero-order chi connectivity index (χ0) is 12.3. The van der Waals surface area contributed by atoms with Gasteiger partial charge in [0.1, 0.15) is 17.5 Å². The summed E-state index contributed by atoms with van der Waals surface area (Å²) < 4.78 is 5.70. The minimum Gasteiger partial charge on any atom is -0.489 e. The third kappa shape index (κ3) is 3.21. The first-order chi connectivity index (χ1) is 8.15. The van der Waals surface area contributed by atoms with Crippen molar-refractivity contribution in [3.63, 3.8) is 0 Å². The Morgan fingerprint density at radius 3 is 2.65 bits per heavy atom. The molecule has 2 nitrogen and oxygen atoms in total. The van der Waals surface area contributed by atoms with E-state index < -0.39 is 0 Å². The Morgan fingerprint density at radius 1 is 1.12 bits per heavy atom. The normalized spacial score (nSPS) is 10.3. The van der Waals surface area contributed by atoms with Crippen LogP contribution in [0.5, 0.6) is 5.75 Å². The third-order valence-corrected chi connectivity index (χ3v) is 2.88. The third-order valence-electron chi connectivity index (χ3n) is 2.67. The van der Waals surface area contributed by atoms with Crippen LogP contribution in [0.4, 0.5) is 0 Å². The number of rotatable bonds is 3. The van der Waals surface area contributed by atoms with E-state index in [1.54, 1.807) is 6.20 Å². The minimum atomic E-state index is 0.492. The number of aromatic nitrogens is 1. The van der Waals surface area contributed by atoms with Crippen LogP contribution in [-0.2, 0) is 6.61 Å². The number of benzene rings is 1. The van der Waals surface area contributed by atoms with E-state index in [2.05, 4.69) is 24.9 Å². The van der Waals surface area contributed by atoms with Gasteiger partial charge in [0, 0.05) is 6.20 Å². The Morgan fingerprint density at radius 2 is 1.94 bits per heavy atom. The summed E-state index contributed by atoms with van der Waals surface area (Å²) in [5.74, 6) is 0.876. The lowest BCUT2D eigenvalue weighted by Crippen LogP contribution is -1.96. The van der Waals surface area contributed by atoms with Crippen molar-refractivity contribution in [2.45, 2.75) is 20.5 Å². The summed E-state index contributed by atoms with van der Waals surface area (Å²) in [5.41, 5.74) is 3.52. The first-order valence-electron chi connectivity index (χ1n) is 5.45. The van der Waals surface area contributed by atoms with Crippen LogP contribution < -0.4 is 4.74 Å². The molecule has 0 aliphatic heterocycles. The molecule has 1 aromatic carbocycles. The summed E-state index contributed by atoms with van der Waals surface area (Å²) in [6, 6.07) is 9.78. The summed E-state index contributed by atoms with van der Waals surface area (Å²) in [7, 11) is 0. The summed E-state index contributed by atoms with van der Waals surface area (Å²) in [6.07, 6.45) is 1.68. The van der Waals surface area contributed by atoms with E-state index in [9.17, 15) is 0 Å². The lowest BCUT2D eigenvalue weighted by atomic mass is 10.1. The fraction of sp³-hybridized carbons (Fsp3) is 0.214. The molecule has 0 spiro atoms. The summed E-state index contributed by atoms with van der Waals surface area (Å²) in [5, 5.41) is 0.492. The number of pyridine rings is 1. The monoisotopic (exact) mass is 247 g/mol. The van der Waals surface area contributed by atoms with Crippen LogP contribution in [-0.4, -0.2) is 4.98 Å². The van der Waals surface area contributed by atoms with E-state index >= 15 is 0 Å². The standard InChI is InChI=1S/C14H14ClNO/c1-10-3-4-13(7-11(10)2)17-9-12-5-6-16-14(15)8-12/h3-8H,9H2,1-2H3. The van der Waals surface area contributed by atoms with Crippen LogP contribution in [0.1, 0.15) is 16.7 Å². The van der Waals surface area contributed by atoms with Crippen LogP contribution in [0, 0.1) is 13.8 Å². The second-order valence-electron chi connectivity index (χ2n) is 4.02. The molecule has 1 aromatic heterocycles. The fourth-order valence-corrected chi connectivity index (χ4v) is 1.70. The molecule has 0 atom stereocenters. The number of nitrogens with zero attached hydrogens (tertiary/aromatic N) is 1. The van der Waals surface area contributed by atoms with Gasteiger partial charge in [-0.25, -0.2) is 4.98 Å². The fourth-order valence-electron chi connectivity index (χ4n) is 1.50. The molecule has 1 heterocycles. The predicted molar refractivity (Wildman–Crippen MR) is 69.5 cm³/mol. The molecular formula is C14H14ClNO. The van der Waals surface area contributed by atoms with Crippen molar-refractivity contribution in [2.24, 2.45) is 0 Å². The van der Waals surface area contributed by atoms with Crippen molar-refractivity contribution in [2.75, 3.05) is 0 Å². The number of hydrogen-bond acceptors (Lipinski definition) is 2. The maximum Gasteiger partial charge on any atom is 0.129 e. The van der Waals surface area contributed by atoms with Gasteiger partial charge in [0.25, 0.3) is 0 Å². The predicted octanol–water partition coefficient (Wildman–Crippen LogP) is 3.93. The van der Waals surface area contributed by atoms with Crippen molar-refractivity contribution in [1.82, 2.24) is 4.98 Å². The van der Waals surface area contributed by atoms with E-state index in [0.29, 0.717) is 11.8 Å². The van der Waals surface area contributed by atoms with Crippen molar-refractivity contribution < 1.29 is 4.74 Å². The van der Waals surface area contributed by atoms with Crippen LogP contribution in [0.25, 0.3) is 0 Å². The molecule has 0 radical (unpaired) electrons. The minimum absolute atomic E-state index is 0.492. The lowest BCUT2D eigenvalue weighted by molar-refractivity contribution is 0.306. The Kier molecular flexibility index (Phi) is 3.64. The molecule has 0 fully saturated rings. The van der Waals surface area contributed by atoms with Gasteiger partial charge in [-0.05, 0) is 54.8 Å². The van der Waals surface area contributed by atoms with E-state index in [1.165, 1.54) is 11.1 Å². The van der Waals surface area contributed by atoms with Gasteiger partial charge in [-0.1, -0.05) is 17.7 Å². The molecule has 0 bridgehead atoms. The van der Waals surface area contributed by atoms with Gasteiger partial charge in [-0.3, -0.25) is 0 Å². The van der Waals surface area contributed by atoms with Gasteiger partial charge < -0.3 is 4.74 Å². The average Bonchev–Trinajstić information content (AvgIpc) is 2.31. The summed E-state index contributed by atoms with van der Waals surface area (Å²) in [4.78, 5) is 3.93. The second kappa shape index (κ2) is 5.19. The van der Waals surface area contributed by atoms with Crippen LogP contribution in [0.2, 0.25) is 5.15 Å². The van der Waals surface area contributed by atoms with Gasteiger partial charge in [-0.15, -0.1) is 0 Å². The smallest absolute Gasteiger partial charge is 0.129 e. The largest absolute Gasteiger partial charge is 0.489 e. The van der Waals surface area contributed by atoms with Crippen molar-refractivity contribution in [1.29, 1.82) is 0 Å². The van der Waals surface area contributed by atoms with Gasteiger partial charge in [0.05, 0.1) is 0 Å². The maximum atomic E-state index is 5.81. The highest BCUT2D eigenvalue weighted by Crippen LogP contribution is 2.18. The number of aryl methyl sites for hydroxylation is 2. The zero-order valence-electron chi connectivity index (χ0n) is 9.90. The zero-order valence-corrected chi connectivity index (χ0v) is 10.7. The van der Waals surface area contributed by atoms with Crippen molar-refractivity contribution >= 4 is 11.6 Å². The Labute approximate surface area is 106 Å². The van der Waals surface area contributed by atoms with Gasteiger partial charge in [-0.2, -0.15) is 0 Å². The maximum absolute atomic E-state index is 5.81. The topological polar surface area (TPSA) is 22.1 Å². The molecule has 2 rings (SSSR count). The summed E-state index contributed by atoms with van der Waals surface area (Å²) >= 11 is 5.81. The Hall–Kier alpha value is -1.54. The first kappa shape index (κ1) is 11.9. The molecule has 0 aliphatic carbocycles. The van der Waals surface area contributed by atoms with Crippen molar-refractivity contribution in [3.05, 3.63) is 58.4 Å². The molecule has 88 valence electrons. The Balaban J connectivity index is 2.05. The SMILES string of the molecule is Cc1ccc(OCc2ccnc(Cl)c2)cc1C. The van der Waals surface area contributed by atoms with Crippen LogP contribution in [0.15, 0.2) is 36.5 Å². The second-order valence-corrected chi connectivity index (χ2v) is 4.41. The van der Waals surface area contributed by atoms with Gasteiger partial charge in [0.15, 0.2) is 0 Å². The first-order valence-corrected chi connectivity index (χ1v) is 5.83. The quantitative estimate of drug-likeness (QED) is 0.767. The highest BCUT2D eigenvalue weighted by molar-refractivity contribution is 6.29. The van der Waals surface area contributed by atoms with Crippen molar-refractivity contribution in [3.8, 4) is 5.75 Å². The van der Waals surface area contributed by atoms with E-state index in [1.807, 2.05) is 24.3 Å². The molecule has 2 aromatic rings. The molecule has 3 heteroatoms. The average molecular weight is 248 g/mol. The van der Waals surface area contributed by atoms with Crippen LogP contribution >= 0.6 is 11.6 Å². The Bertz CT molecular complexity index is 525. The lowest BCUT2D eigenvalue weighted by Gasteiger charge is -2.08. The highest BCUT2D eigenvalue weighted by Gasteiger charge is 1.99. The highest BCUT2D eigenvalue weighted by atomic mass is 35.5. The molecular weight excluding hydrogens is 234 g/mol.